The standard InChI is InChI=1S/C31H48N2O3/c1-3-5-7-9-11-12-14-16-21-26(20-15-13-10-8-6-4-2)30(35)32-33-31(36)28-24-23-25-19-17-18-22-27(25)29(28)34/h17-19,22-24,26,34H,3-16,20-21H2,1-2H3,(H,32,35)(H,33,36). The lowest BCUT2D eigenvalue weighted by molar-refractivity contribution is -0.126. The van der Waals surface area contributed by atoms with Gasteiger partial charge in [0, 0.05) is 11.3 Å². The van der Waals surface area contributed by atoms with Crippen molar-refractivity contribution in [2.45, 2.75) is 117 Å². The summed E-state index contributed by atoms with van der Waals surface area (Å²) in [5.41, 5.74) is 5.33. The van der Waals surface area contributed by atoms with E-state index in [1.165, 1.54) is 64.2 Å². The smallest absolute Gasteiger partial charge is 0.273 e. The van der Waals surface area contributed by atoms with E-state index >= 15 is 0 Å². The van der Waals surface area contributed by atoms with Crippen LogP contribution in [0, 0.1) is 5.92 Å². The molecule has 5 heteroatoms. The molecule has 0 radical (unpaired) electrons. The molecule has 0 aromatic heterocycles. The second kappa shape index (κ2) is 17.8. The van der Waals surface area contributed by atoms with Crippen molar-refractivity contribution in [2.24, 2.45) is 5.92 Å². The second-order valence-corrected chi connectivity index (χ2v) is 10.1. The predicted molar refractivity (Wildman–Crippen MR) is 150 cm³/mol. The summed E-state index contributed by atoms with van der Waals surface area (Å²) < 4.78 is 0. The lowest BCUT2D eigenvalue weighted by atomic mass is 9.93. The summed E-state index contributed by atoms with van der Waals surface area (Å²) in [7, 11) is 0. The number of hydrogen-bond donors (Lipinski definition) is 3. The normalized spacial score (nSPS) is 11.9. The fraction of sp³-hybridized carbons (Fsp3) is 0.613. The lowest BCUT2D eigenvalue weighted by Crippen LogP contribution is -2.44. The third-order valence-electron chi connectivity index (χ3n) is 7.13. The third-order valence-corrected chi connectivity index (χ3v) is 7.13. The van der Waals surface area contributed by atoms with Gasteiger partial charge >= 0.3 is 0 Å². The summed E-state index contributed by atoms with van der Waals surface area (Å²) in [5, 5.41) is 12.0. The van der Waals surface area contributed by atoms with Crippen LogP contribution >= 0.6 is 0 Å². The summed E-state index contributed by atoms with van der Waals surface area (Å²) >= 11 is 0. The number of carbonyl (C=O) groups excluding carboxylic acids is 2. The molecule has 2 amide bonds. The van der Waals surface area contributed by atoms with E-state index in [1.54, 1.807) is 18.2 Å². The molecule has 0 saturated heterocycles. The molecule has 0 aliphatic rings. The molecule has 0 aliphatic carbocycles. The zero-order chi connectivity index (χ0) is 26.0. The molecular weight excluding hydrogens is 448 g/mol. The van der Waals surface area contributed by atoms with Gasteiger partial charge in [-0.1, -0.05) is 134 Å². The van der Waals surface area contributed by atoms with Gasteiger partial charge in [-0.05, 0) is 24.3 Å². The predicted octanol–water partition coefficient (Wildman–Crippen LogP) is 8.20. The van der Waals surface area contributed by atoms with Gasteiger partial charge in [0.2, 0.25) is 5.91 Å². The maximum Gasteiger partial charge on any atom is 0.273 e. The number of unbranched alkanes of at least 4 members (excludes halogenated alkanes) is 12. The van der Waals surface area contributed by atoms with Gasteiger partial charge in [0.05, 0.1) is 5.56 Å². The van der Waals surface area contributed by atoms with Crippen LogP contribution in [-0.2, 0) is 4.79 Å². The molecule has 5 nitrogen and oxygen atoms in total. The van der Waals surface area contributed by atoms with Crippen molar-refractivity contribution in [3.63, 3.8) is 0 Å². The molecule has 1 unspecified atom stereocenters. The summed E-state index contributed by atoms with van der Waals surface area (Å²) in [4.78, 5) is 25.7. The van der Waals surface area contributed by atoms with Crippen LogP contribution in [0.1, 0.15) is 127 Å². The minimum atomic E-state index is -0.503. The van der Waals surface area contributed by atoms with Gasteiger partial charge in [0.1, 0.15) is 5.75 Å². The summed E-state index contributed by atoms with van der Waals surface area (Å²) in [5.74, 6) is -0.790. The van der Waals surface area contributed by atoms with Crippen LogP contribution in [0.5, 0.6) is 5.75 Å². The van der Waals surface area contributed by atoms with E-state index in [9.17, 15) is 14.7 Å². The molecule has 0 aliphatic heterocycles. The van der Waals surface area contributed by atoms with E-state index in [1.807, 2.05) is 18.2 Å². The molecule has 1 atom stereocenters. The van der Waals surface area contributed by atoms with E-state index in [4.69, 9.17) is 0 Å². The highest BCUT2D eigenvalue weighted by atomic mass is 16.3. The van der Waals surface area contributed by atoms with Crippen LogP contribution in [0.4, 0.5) is 0 Å². The number of phenols is 1. The van der Waals surface area contributed by atoms with Gasteiger partial charge in [-0.15, -0.1) is 0 Å². The highest BCUT2D eigenvalue weighted by Gasteiger charge is 2.20. The molecule has 2 rings (SSSR count). The van der Waals surface area contributed by atoms with Gasteiger partial charge in [0.15, 0.2) is 0 Å². The number of rotatable bonds is 18. The fourth-order valence-electron chi connectivity index (χ4n) is 4.83. The molecule has 36 heavy (non-hydrogen) atoms. The Hall–Kier alpha value is -2.56. The van der Waals surface area contributed by atoms with Crippen molar-refractivity contribution in [3.05, 3.63) is 42.0 Å². The third kappa shape index (κ3) is 10.6. The highest BCUT2D eigenvalue weighted by molar-refractivity contribution is 6.04. The van der Waals surface area contributed by atoms with Crippen molar-refractivity contribution in [1.29, 1.82) is 0 Å². The van der Waals surface area contributed by atoms with E-state index in [-0.39, 0.29) is 23.1 Å². The van der Waals surface area contributed by atoms with E-state index in [0.29, 0.717) is 5.39 Å². The van der Waals surface area contributed by atoms with Crippen LogP contribution in [0.25, 0.3) is 10.8 Å². The molecule has 3 N–H and O–H groups in total. The molecular formula is C31H48N2O3. The van der Waals surface area contributed by atoms with Crippen LogP contribution in [0.2, 0.25) is 0 Å². The Morgan fingerprint density at radius 2 is 1.22 bits per heavy atom. The highest BCUT2D eigenvalue weighted by Crippen LogP contribution is 2.28. The second-order valence-electron chi connectivity index (χ2n) is 10.1. The summed E-state index contributed by atoms with van der Waals surface area (Å²) in [6.45, 7) is 4.46. The first kappa shape index (κ1) is 29.7. The van der Waals surface area contributed by atoms with Crippen LogP contribution in [-0.4, -0.2) is 16.9 Å². The monoisotopic (exact) mass is 496 g/mol. The SMILES string of the molecule is CCCCCCCCCCC(CCCCCCCC)C(=O)NNC(=O)c1ccc2ccccc2c1O. The van der Waals surface area contributed by atoms with Crippen molar-refractivity contribution in [2.75, 3.05) is 0 Å². The average Bonchev–Trinajstić information content (AvgIpc) is 2.89. The molecule has 0 spiro atoms. The van der Waals surface area contributed by atoms with Crippen LogP contribution in [0.3, 0.4) is 0 Å². The van der Waals surface area contributed by atoms with Crippen molar-refractivity contribution in [3.8, 4) is 5.75 Å². The zero-order valence-corrected chi connectivity index (χ0v) is 22.6. The number of hydrogen-bond acceptors (Lipinski definition) is 3. The molecule has 2 aromatic carbocycles. The van der Waals surface area contributed by atoms with Gasteiger partial charge in [-0.3, -0.25) is 20.4 Å². The first-order valence-electron chi connectivity index (χ1n) is 14.4. The van der Waals surface area contributed by atoms with E-state index in [0.717, 1.165) is 43.9 Å². The Morgan fingerprint density at radius 3 is 1.81 bits per heavy atom. The maximum absolute atomic E-state index is 13.0. The first-order chi connectivity index (χ1) is 17.6. The minimum Gasteiger partial charge on any atom is -0.506 e. The van der Waals surface area contributed by atoms with Gasteiger partial charge in [0.25, 0.3) is 5.91 Å². The van der Waals surface area contributed by atoms with E-state index < -0.39 is 5.91 Å². The minimum absolute atomic E-state index is 0.0672. The number of hydrazine groups is 1. The van der Waals surface area contributed by atoms with Crippen molar-refractivity contribution < 1.29 is 14.7 Å². The zero-order valence-electron chi connectivity index (χ0n) is 22.6. The average molecular weight is 497 g/mol. The molecule has 200 valence electrons. The van der Waals surface area contributed by atoms with Crippen LogP contribution in [0.15, 0.2) is 36.4 Å². The fourth-order valence-corrected chi connectivity index (χ4v) is 4.83. The Bertz CT molecular complexity index is 912. The Labute approximate surface area is 218 Å². The van der Waals surface area contributed by atoms with E-state index in [2.05, 4.69) is 24.7 Å². The van der Waals surface area contributed by atoms with Crippen LogP contribution < -0.4 is 10.9 Å². The summed E-state index contributed by atoms with van der Waals surface area (Å²) in [6.07, 6.45) is 18.8. The Balaban J connectivity index is 1.84. The first-order valence-corrected chi connectivity index (χ1v) is 14.4. The number of nitrogens with one attached hydrogen (secondary N) is 2. The molecule has 0 bridgehead atoms. The Morgan fingerprint density at radius 1 is 0.694 bits per heavy atom. The number of carbonyl (C=O) groups is 2. The molecule has 2 aromatic rings. The topological polar surface area (TPSA) is 78.4 Å². The summed E-state index contributed by atoms with van der Waals surface area (Å²) in [6, 6.07) is 10.8. The van der Waals surface area contributed by atoms with Crippen molar-refractivity contribution >= 4 is 22.6 Å². The number of benzene rings is 2. The van der Waals surface area contributed by atoms with Gasteiger partial charge in [-0.25, -0.2) is 0 Å². The number of aromatic hydroxyl groups is 1. The lowest BCUT2D eigenvalue weighted by Gasteiger charge is -2.18. The number of fused-ring (bicyclic) bond motifs is 1. The number of amides is 2. The maximum atomic E-state index is 13.0. The Kier molecular flexibility index (Phi) is 14.7. The largest absolute Gasteiger partial charge is 0.506 e. The molecule has 0 saturated carbocycles. The van der Waals surface area contributed by atoms with Gasteiger partial charge in [-0.2, -0.15) is 0 Å². The van der Waals surface area contributed by atoms with Gasteiger partial charge < -0.3 is 5.11 Å². The quantitative estimate of drug-likeness (QED) is 0.144. The van der Waals surface area contributed by atoms with Crippen molar-refractivity contribution in [1.82, 2.24) is 10.9 Å². The molecule has 0 fully saturated rings. The number of phenolic OH excluding ortho intramolecular Hbond substituents is 1. The molecule has 0 heterocycles.